The van der Waals surface area contributed by atoms with Crippen LogP contribution in [0.4, 0.5) is 0 Å². The van der Waals surface area contributed by atoms with E-state index in [1.165, 1.54) is 42.3 Å². The number of hydrogen-bond acceptors (Lipinski definition) is 7. The van der Waals surface area contributed by atoms with Gasteiger partial charge in [0.05, 0.1) is 0 Å². The molecule has 1 aromatic rings. The number of phenolic OH excluding ortho intramolecular Hbond substituents is 2. The van der Waals surface area contributed by atoms with Crippen molar-refractivity contribution in [2.45, 2.75) is 75.3 Å². The molecule has 3 atom stereocenters. The van der Waals surface area contributed by atoms with E-state index in [0.717, 1.165) is 25.7 Å². The molecule has 33 heavy (non-hydrogen) atoms. The molecule has 8 nitrogen and oxygen atoms in total. The highest BCUT2D eigenvalue weighted by molar-refractivity contribution is 8.14. The fourth-order valence-corrected chi connectivity index (χ4v) is 5.63. The van der Waals surface area contributed by atoms with Gasteiger partial charge in [-0.2, -0.15) is 0 Å². The van der Waals surface area contributed by atoms with Gasteiger partial charge in [0.25, 0.3) is 5.91 Å². The normalized spacial score (nSPS) is 20.6. The zero-order valence-corrected chi connectivity index (χ0v) is 20.3. The second-order valence-electron chi connectivity index (χ2n) is 8.91. The number of carbonyl (C=O) groups excluding carboxylic acids is 3. The molecule has 2 amide bonds. The second-order valence-corrected chi connectivity index (χ2v) is 10.2. The summed E-state index contributed by atoms with van der Waals surface area (Å²) >= 11 is 1.39. The lowest BCUT2D eigenvalue weighted by molar-refractivity contribution is -0.154. The third-order valence-corrected chi connectivity index (χ3v) is 8.03. The minimum absolute atomic E-state index is 0.0598. The van der Waals surface area contributed by atoms with Crippen LogP contribution in [0.2, 0.25) is 0 Å². The molecule has 3 rings (SSSR count). The van der Waals surface area contributed by atoms with Gasteiger partial charge < -0.3 is 24.7 Å². The lowest BCUT2D eigenvalue weighted by atomic mass is 10.0. The first-order chi connectivity index (χ1) is 15.7. The predicted octanol–water partition coefficient (Wildman–Crippen LogP) is 2.70. The van der Waals surface area contributed by atoms with E-state index in [1.807, 2.05) is 0 Å². The molecule has 1 saturated carbocycles. The molecule has 2 fully saturated rings. The van der Waals surface area contributed by atoms with E-state index in [1.54, 1.807) is 24.9 Å². The van der Waals surface area contributed by atoms with Gasteiger partial charge in [-0.15, -0.1) is 0 Å². The standard InChI is InChI=1S/C24H34N2O6S/c1-15(22(29)26-12-11-18(26)24(31)33-17-7-5-4-6-8-17)25(2)23(30)21(32-3)14-16-9-10-19(27)20(28)13-16/h9-10,13,15,17-18,21,27-28H,4-8,11-12,14H2,1-3H3. The zero-order chi connectivity index (χ0) is 24.1. The highest BCUT2D eigenvalue weighted by Crippen LogP contribution is 2.33. The molecule has 1 saturated heterocycles. The van der Waals surface area contributed by atoms with Crippen molar-refractivity contribution in [3.63, 3.8) is 0 Å². The number of methoxy groups -OCH3 is 1. The largest absolute Gasteiger partial charge is 0.504 e. The number of aromatic hydroxyl groups is 2. The van der Waals surface area contributed by atoms with Crippen molar-refractivity contribution in [3.8, 4) is 11.5 Å². The lowest BCUT2D eigenvalue weighted by Gasteiger charge is -2.43. The molecule has 1 heterocycles. The van der Waals surface area contributed by atoms with E-state index >= 15 is 0 Å². The first-order valence-corrected chi connectivity index (χ1v) is 12.4. The van der Waals surface area contributed by atoms with E-state index in [4.69, 9.17) is 4.74 Å². The van der Waals surface area contributed by atoms with Gasteiger partial charge in [0.2, 0.25) is 11.0 Å². The Hall–Kier alpha value is -2.26. The summed E-state index contributed by atoms with van der Waals surface area (Å²) in [7, 11) is 2.97. The molecule has 182 valence electrons. The van der Waals surface area contributed by atoms with Crippen LogP contribution >= 0.6 is 11.8 Å². The van der Waals surface area contributed by atoms with Crippen LogP contribution in [-0.4, -0.2) is 81.1 Å². The Kier molecular flexibility index (Phi) is 8.64. The molecule has 0 spiro atoms. The van der Waals surface area contributed by atoms with Gasteiger partial charge in [0.15, 0.2) is 11.5 Å². The molecular formula is C24H34N2O6S. The number of phenols is 2. The van der Waals surface area contributed by atoms with Crippen molar-refractivity contribution in [1.82, 2.24) is 9.80 Å². The van der Waals surface area contributed by atoms with Gasteiger partial charge in [0.1, 0.15) is 18.2 Å². The average Bonchev–Trinajstić information content (AvgIpc) is 2.78. The molecule has 1 aliphatic carbocycles. The minimum Gasteiger partial charge on any atom is -0.504 e. The van der Waals surface area contributed by atoms with Crippen LogP contribution in [0, 0.1) is 0 Å². The molecular weight excluding hydrogens is 444 g/mol. The van der Waals surface area contributed by atoms with Gasteiger partial charge in [-0.3, -0.25) is 14.4 Å². The number of hydrogen-bond donors (Lipinski definition) is 2. The summed E-state index contributed by atoms with van der Waals surface area (Å²) in [5.74, 6) is -1.12. The Labute approximate surface area is 199 Å². The highest BCUT2D eigenvalue weighted by atomic mass is 32.2. The van der Waals surface area contributed by atoms with Crippen LogP contribution in [0.5, 0.6) is 11.5 Å². The Morgan fingerprint density at radius 2 is 1.85 bits per heavy atom. The van der Waals surface area contributed by atoms with Gasteiger partial charge in [-0.1, -0.05) is 37.1 Å². The summed E-state index contributed by atoms with van der Waals surface area (Å²) in [6.45, 7) is 2.18. The zero-order valence-electron chi connectivity index (χ0n) is 19.5. The van der Waals surface area contributed by atoms with Crippen molar-refractivity contribution >= 4 is 28.7 Å². The molecule has 0 radical (unpaired) electrons. The van der Waals surface area contributed by atoms with E-state index < -0.39 is 18.2 Å². The Morgan fingerprint density at radius 3 is 2.42 bits per heavy atom. The Bertz CT molecular complexity index is 873. The topological polar surface area (TPSA) is 107 Å². The quantitative estimate of drug-likeness (QED) is 0.553. The van der Waals surface area contributed by atoms with E-state index in [0.29, 0.717) is 23.8 Å². The van der Waals surface area contributed by atoms with Crippen LogP contribution in [0.3, 0.4) is 0 Å². The molecule has 9 heteroatoms. The third-order valence-electron chi connectivity index (χ3n) is 6.72. The number of likely N-dealkylation sites (N-methyl/N-ethyl adjacent to an activating group) is 1. The third kappa shape index (κ3) is 6.00. The first-order valence-electron chi connectivity index (χ1n) is 11.5. The summed E-state index contributed by atoms with van der Waals surface area (Å²) in [5, 5.41) is 19.6. The molecule has 3 unspecified atom stereocenters. The number of benzene rings is 1. The first kappa shape index (κ1) is 25.4. The molecule has 2 N–H and O–H groups in total. The monoisotopic (exact) mass is 478 g/mol. The number of thioether (sulfide) groups is 1. The van der Waals surface area contributed by atoms with Crippen LogP contribution in [0.15, 0.2) is 18.2 Å². The van der Waals surface area contributed by atoms with Gasteiger partial charge in [-0.25, -0.2) is 0 Å². The summed E-state index contributed by atoms with van der Waals surface area (Å²) in [6, 6.07) is 3.18. The number of amides is 2. The maximum absolute atomic E-state index is 13.1. The van der Waals surface area contributed by atoms with E-state index in [9.17, 15) is 24.6 Å². The van der Waals surface area contributed by atoms with Gasteiger partial charge in [0, 0.05) is 32.4 Å². The maximum Gasteiger partial charge on any atom is 0.252 e. The van der Waals surface area contributed by atoms with Crippen molar-refractivity contribution in [3.05, 3.63) is 23.8 Å². The number of rotatable bonds is 8. The van der Waals surface area contributed by atoms with Crippen molar-refractivity contribution in [2.24, 2.45) is 0 Å². The summed E-state index contributed by atoms with van der Waals surface area (Å²) in [4.78, 5) is 41.8. The predicted molar refractivity (Wildman–Crippen MR) is 126 cm³/mol. The fraction of sp³-hybridized carbons (Fsp3) is 0.625. The average molecular weight is 479 g/mol. The molecule has 2 aliphatic rings. The van der Waals surface area contributed by atoms with Crippen LogP contribution < -0.4 is 0 Å². The SMILES string of the molecule is COC(Cc1ccc(O)c(O)c1)C(=O)N(C)C(C)C(=O)N1CCC1C(=O)SC1CCCCC1. The number of nitrogens with zero attached hydrogens (tertiary/aromatic N) is 2. The summed E-state index contributed by atoms with van der Waals surface area (Å²) < 4.78 is 5.36. The second kappa shape index (κ2) is 11.2. The molecule has 0 aromatic heterocycles. The van der Waals surface area contributed by atoms with Gasteiger partial charge >= 0.3 is 0 Å². The van der Waals surface area contributed by atoms with Gasteiger partial charge in [-0.05, 0) is 43.9 Å². The minimum atomic E-state index is -0.857. The van der Waals surface area contributed by atoms with Crippen LogP contribution in [0.25, 0.3) is 0 Å². The summed E-state index contributed by atoms with van der Waals surface area (Å²) in [6.07, 6.45) is 5.65. The Morgan fingerprint density at radius 1 is 1.15 bits per heavy atom. The Balaban J connectivity index is 1.58. The molecule has 1 aromatic carbocycles. The fourth-order valence-electron chi connectivity index (χ4n) is 4.33. The van der Waals surface area contributed by atoms with Crippen molar-refractivity contribution in [1.29, 1.82) is 0 Å². The lowest BCUT2D eigenvalue weighted by Crippen LogP contribution is -2.60. The maximum atomic E-state index is 13.1. The van der Waals surface area contributed by atoms with Crippen LogP contribution in [0.1, 0.15) is 51.0 Å². The van der Waals surface area contributed by atoms with E-state index in [-0.39, 0.29) is 34.8 Å². The van der Waals surface area contributed by atoms with Crippen molar-refractivity contribution < 1.29 is 29.3 Å². The highest BCUT2D eigenvalue weighted by Gasteiger charge is 2.42. The molecule has 0 bridgehead atoms. The smallest absolute Gasteiger partial charge is 0.252 e. The van der Waals surface area contributed by atoms with Crippen LogP contribution in [-0.2, 0) is 25.5 Å². The van der Waals surface area contributed by atoms with Crippen molar-refractivity contribution in [2.75, 3.05) is 20.7 Å². The van der Waals surface area contributed by atoms with E-state index in [2.05, 4.69) is 0 Å². The number of likely N-dealkylation sites (tertiary alicyclic amines) is 1. The number of ether oxygens (including phenoxy) is 1. The summed E-state index contributed by atoms with van der Waals surface area (Å²) in [5.41, 5.74) is 0.617. The molecule has 1 aliphatic heterocycles. The number of carbonyl (C=O) groups is 3.